The lowest BCUT2D eigenvalue weighted by Gasteiger charge is -2.17. The smallest absolute Gasteiger partial charge is 0.138 e. The van der Waals surface area contributed by atoms with Gasteiger partial charge in [-0.2, -0.15) is 5.10 Å². The van der Waals surface area contributed by atoms with Crippen molar-refractivity contribution in [2.75, 3.05) is 13.1 Å². The van der Waals surface area contributed by atoms with Gasteiger partial charge in [-0.1, -0.05) is 30.7 Å². The van der Waals surface area contributed by atoms with Gasteiger partial charge in [-0.15, -0.1) is 0 Å². The molecule has 1 unspecified atom stereocenters. The van der Waals surface area contributed by atoms with Crippen LogP contribution in [0, 0.1) is 5.92 Å². The fourth-order valence-electron chi connectivity index (χ4n) is 2.33. The van der Waals surface area contributed by atoms with Gasteiger partial charge in [-0.25, -0.2) is 4.98 Å². The molecule has 2 aromatic rings. The van der Waals surface area contributed by atoms with Crippen LogP contribution in [-0.4, -0.2) is 27.9 Å². The Bertz CT molecular complexity index is 538. The summed E-state index contributed by atoms with van der Waals surface area (Å²) in [7, 11) is 1.94. The molecule has 1 N–H and O–H groups in total. The summed E-state index contributed by atoms with van der Waals surface area (Å²) in [4.78, 5) is 4.32. The maximum absolute atomic E-state index is 6.06. The molecular weight excluding hydrogens is 272 g/mol. The monoisotopic (exact) mass is 292 g/mol. The van der Waals surface area contributed by atoms with E-state index >= 15 is 0 Å². The molecule has 20 heavy (non-hydrogen) atoms. The van der Waals surface area contributed by atoms with E-state index in [2.05, 4.69) is 28.4 Å². The third-order valence-electron chi connectivity index (χ3n) is 3.37. The molecule has 0 spiro atoms. The second-order valence-corrected chi connectivity index (χ2v) is 5.45. The van der Waals surface area contributed by atoms with Crippen LogP contribution in [0.15, 0.2) is 30.6 Å². The normalized spacial score (nSPS) is 12.6. The van der Waals surface area contributed by atoms with Crippen molar-refractivity contribution in [3.8, 4) is 0 Å². The van der Waals surface area contributed by atoms with Crippen molar-refractivity contribution in [3.05, 3.63) is 47.0 Å². The predicted molar refractivity (Wildman–Crippen MR) is 81.9 cm³/mol. The van der Waals surface area contributed by atoms with Crippen LogP contribution in [0.4, 0.5) is 0 Å². The number of benzene rings is 1. The minimum absolute atomic E-state index is 0.483. The maximum Gasteiger partial charge on any atom is 0.138 e. The second kappa shape index (κ2) is 7.41. The summed E-state index contributed by atoms with van der Waals surface area (Å²) >= 11 is 6.06. The largest absolute Gasteiger partial charge is 0.317 e. The number of halogens is 1. The quantitative estimate of drug-likeness (QED) is 0.852. The SMILES string of the molecule is CCNCC(Cc1cccc(Cl)c1)Cc1ncnn1C. The zero-order chi connectivity index (χ0) is 14.4. The molecule has 4 nitrogen and oxygen atoms in total. The highest BCUT2D eigenvalue weighted by atomic mass is 35.5. The van der Waals surface area contributed by atoms with E-state index in [1.54, 1.807) is 6.33 Å². The van der Waals surface area contributed by atoms with Crippen molar-refractivity contribution in [1.29, 1.82) is 0 Å². The predicted octanol–water partition coefficient (Wildman–Crippen LogP) is 2.48. The third kappa shape index (κ3) is 4.32. The maximum atomic E-state index is 6.06. The fourth-order valence-corrected chi connectivity index (χ4v) is 2.54. The molecule has 5 heteroatoms. The Morgan fingerprint density at radius 2 is 2.20 bits per heavy atom. The zero-order valence-corrected chi connectivity index (χ0v) is 12.8. The Kier molecular flexibility index (Phi) is 5.56. The summed E-state index contributed by atoms with van der Waals surface area (Å²) in [5.41, 5.74) is 1.27. The molecule has 1 heterocycles. The van der Waals surface area contributed by atoms with Crippen molar-refractivity contribution in [3.63, 3.8) is 0 Å². The van der Waals surface area contributed by atoms with Gasteiger partial charge in [-0.05, 0) is 43.1 Å². The number of hydrogen-bond donors (Lipinski definition) is 1. The van der Waals surface area contributed by atoms with Gasteiger partial charge >= 0.3 is 0 Å². The Labute approximate surface area is 125 Å². The van der Waals surface area contributed by atoms with Gasteiger partial charge in [0.15, 0.2) is 0 Å². The highest BCUT2D eigenvalue weighted by molar-refractivity contribution is 6.30. The summed E-state index contributed by atoms with van der Waals surface area (Å²) in [5, 5.41) is 8.35. The average Bonchev–Trinajstić information content (AvgIpc) is 2.82. The van der Waals surface area contributed by atoms with Crippen LogP contribution in [0.3, 0.4) is 0 Å². The molecule has 0 aliphatic rings. The third-order valence-corrected chi connectivity index (χ3v) is 3.61. The van der Waals surface area contributed by atoms with E-state index in [1.807, 2.05) is 29.9 Å². The average molecular weight is 293 g/mol. The minimum Gasteiger partial charge on any atom is -0.317 e. The highest BCUT2D eigenvalue weighted by Gasteiger charge is 2.13. The summed E-state index contributed by atoms with van der Waals surface area (Å²) in [5.74, 6) is 1.51. The number of hydrogen-bond acceptors (Lipinski definition) is 3. The van der Waals surface area contributed by atoms with Gasteiger partial charge in [0.25, 0.3) is 0 Å². The van der Waals surface area contributed by atoms with E-state index in [4.69, 9.17) is 11.6 Å². The van der Waals surface area contributed by atoms with Gasteiger partial charge in [0.2, 0.25) is 0 Å². The zero-order valence-electron chi connectivity index (χ0n) is 12.0. The van der Waals surface area contributed by atoms with Crippen LogP contribution in [-0.2, 0) is 19.9 Å². The van der Waals surface area contributed by atoms with Crippen molar-refractivity contribution in [2.45, 2.75) is 19.8 Å². The number of aromatic nitrogens is 3. The van der Waals surface area contributed by atoms with Crippen LogP contribution in [0.25, 0.3) is 0 Å². The Hall–Kier alpha value is -1.39. The number of aryl methyl sites for hydroxylation is 1. The first-order valence-corrected chi connectivity index (χ1v) is 7.35. The van der Waals surface area contributed by atoms with E-state index in [0.717, 1.165) is 36.8 Å². The van der Waals surface area contributed by atoms with Crippen molar-refractivity contribution in [2.24, 2.45) is 13.0 Å². The highest BCUT2D eigenvalue weighted by Crippen LogP contribution is 2.16. The number of nitrogens with one attached hydrogen (secondary N) is 1. The van der Waals surface area contributed by atoms with Gasteiger partial charge in [0, 0.05) is 18.5 Å². The summed E-state index contributed by atoms with van der Waals surface area (Å²) in [6.45, 7) is 4.07. The molecule has 0 bridgehead atoms. The van der Waals surface area contributed by atoms with Crippen LogP contribution in [0.1, 0.15) is 18.3 Å². The van der Waals surface area contributed by atoms with Crippen LogP contribution < -0.4 is 5.32 Å². The molecule has 0 fully saturated rings. The summed E-state index contributed by atoms with van der Waals surface area (Å²) in [6, 6.07) is 8.08. The van der Waals surface area contributed by atoms with Crippen molar-refractivity contribution >= 4 is 11.6 Å². The van der Waals surface area contributed by atoms with E-state index in [9.17, 15) is 0 Å². The molecule has 1 aromatic heterocycles. The topological polar surface area (TPSA) is 42.7 Å². The van der Waals surface area contributed by atoms with Gasteiger partial charge < -0.3 is 5.32 Å². The molecule has 0 radical (unpaired) electrons. The lowest BCUT2D eigenvalue weighted by Crippen LogP contribution is -2.26. The number of rotatable bonds is 7. The standard InChI is InChI=1S/C15H21ClN4/c1-3-17-10-13(9-15-18-11-19-20(15)2)7-12-5-4-6-14(16)8-12/h4-6,8,11,13,17H,3,7,9-10H2,1-2H3. The van der Waals surface area contributed by atoms with E-state index in [1.165, 1.54) is 5.56 Å². The fraction of sp³-hybridized carbons (Fsp3) is 0.467. The van der Waals surface area contributed by atoms with Gasteiger partial charge in [0.05, 0.1) is 0 Å². The van der Waals surface area contributed by atoms with E-state index in [0.29, 0.717) is 5.92 Å². The molecule has 108 valence electrons. The van der Waals surface area contributed by atoms with Crippen LogP contribution in [0.5, 0.6) is 0 Å². The summed E-state index contributed by atoms with van der Waals surface area (Å²) in [6.07, 6.45) is 3.51. The van der Waals surface area contributed by atoms with Crippen molar-refractivity contribution in [1.82, 2.24) is 20.1 Å². The minimum atomic E-state index is 0.483. The first-order chi connectivity index (χ1) is 9.69. The first kappa shape index (κ1) is 15.0. The molecule has 2 rings (SSSR count). The molecule has 0 saturated heterocycles. The molecule has 1 atom stereocenters. The molecule has 1 aromatic carbocycles. The lowest BCUT2D eigenvalue weighted by molar-refractivity contribution is 0.459. The van der Waals surface area contributed by atoms with E-state index in [-0.39, 0.29) is 0 Å². The summed E-state index contributed by atoms with van der Waals surface area (Å²) < 4.78 is 1.84. The van der Waals surface area contributed by atoms with E-state index < -0.39 is 0 Å². The lowest BCUT2D eigenvalue weighted by atomic mass is 9.95. The Morgan fingerprint density at radius 3 is 2.85 bits per heavy atom. The molecular formula is C15H21ClN4. The van der Waals surface area contributed by atoms with Gasteiger partial charge in [0.1, 0.15) is 12.2 Å². The molecule has 0 amide bonds. The first-order valence-electron chi connectivity index (χ1n) is 6.97. The van der Waals surface area contributed by atoms with Crippen molar-refractivity contribution < 1.29 is 0 Å². The van der Waals surface area contributed by atoms with Crippen LogP contribution >= 0.6 is 11.6 Å². The number of nitrogens with zero attached hydrogens (tertiary/aromatic N) is 3. The van der Waals surface area contributed by atoms with Gasteiger partial charge in [-0.3, -0.25) is 4.68 Å². The molecule has 0 aliphatic carbocycles. The van der Waals surface area contributed by atoms with Crippen LogP contribution in [0.2, 0.25) is 5.02 Å². The second-order valence-electron chi connectivity index (χ2n) is 5.01. The molecule has 0 saturated carbocycles. The Morgan fingerprint density at radius 1 is 1.35 bits per heavy atom. The Balaban J connectivity index is 2.05. The molecule has 0 aliphatic heterocycles.